The van der Waals surface area contributed by atoms with Gasteiger partial charge in [-0.2, -0.15) is 4.31 Å². The van der Waals surface area contributed by atoms with E-state index in [1.165, 1.54) is 16.4 Å². The van der Waals surface area contributed by atoms with Crippen LogP contribution in [0.2, 0.25) is 0 Å². The van der Waals surface area contributed by atoms with Gasteiger partial charge in [0.2, 0.25) is 10.0 Å². The van der Waals surface area contributed by atoms with Gasteiger partial charge in [0.15, 0.2) is 0 Å². The summed E-state index contributed by atoms with van der Waals surface area (Å²) in [4.78, 5) is 13.1. The van der Waals surface area contributed by atoms with E-state index < -0.39 is 28.3 Å². The molecule has 0 radical (unpaired) electrons. The van der Waals surface area contributed by atoms with Gasteiger partial charge >= 0.3 is 6.09 Å². The fraction of sp³-hybridized carbons (Fsp3) is 0.567. The van der Waals surface area contributed by atoms with Crippen molar-refractivity contribution in [3.8, 4) is 0 Å². The molecule has 2 aliphatic rings. The van der Waals surface area contributed by atoms with Crippen LogP contribution in [0.15, 0.2) is 59.5 Å². The summed E-state index contributed by atoms with van der Waals surface area (Å²) < 4.78 is 45.5. The molecule has 0 spiro atoms. The molecule has 1 aliphatic heterocycles. The molecule has 0 bridgehead atoms. The first-order chi connectivity index (χ1) is 19.6. The number of hydrogen-bond donors (Lipinski definition) is 3. The summed E-state index contributed by atoms with van der Waals surface area (Å²) in [5.74, 6) is 0.156. The average molecular weight is 591 g/mol. The SMILES string of the molecule is COC1COC2CC(OC(=O)NC(Cc3ccccc3)C(O)CN(CC(C)C)S(=O)(=O)c3ccc(CO)cc3)CC12. The third-order valence-corrected chi connectivity index (χ3v) is 9.65. The molecule has 1 saturated heterocycles. The summed E-state index contributed by atoms with van der Waals surface area (Å²) in [5, 5.41) is 23.6. The van der Waals surface area contributed by atoms with Gasteiger partial charge in [0.1, 0.15) is 6.10 Å². The fourth-order valence-electron chi connectivity index (χ4n) is 5.67. The van der Waals surface area contributed by atoms with Crippen LogP contribution >= 0.6 is 0 Å². The Morgan fingerprint density at radius 1 is 1.07 bits per heavy atom. The van der Waals surface area contributed by atoms with Gasteiger partial charge in [-0.05, 0) is 42.0 Å². The highest BCUT2D eigenvalue weighted by Gasteiger charge is 2.46. The highest BCUT2D eigenvalue weighted by atomic mass is 32.2. The second-order valence-electron chi connectivity index (χ2n) is 11.3. The number of nitrogens with one attached hydrogen (secondary N) is 1. The van der Waals surface area contributed by atoms with Crippen LogP contribution in [0.5, 0.6) is 0 Å². The molecule has 10 nitrogen and oxygen atoms in total. The van der Waals surface area contributed by atoms with Crippen LogP contribution < -0.4 is 5.32 Å². The van der Waals surface area contributed by atoms with Crippen LogP contribution in [0.3, 0.4) is 0 Å². The number of carbonyl (C=O) groups excluding carboxylic acids is 1. The van der Waals surface area contributed by atoms with Crippen molar-refractivity contribution >= 4 is 16.1 Å². The molecular weight excluding hydrogens is 548 g/mol. The number of rotatable bonds is 13. The van der Waals surface area contributed by atoms with Crippen LogP contribution in [0.4, 0.5) is 4.79 Å². The molecule has 1 heterocycles. The number of aliphatic hydroxyl groups is 2. The molecule has 11 heteroatoms. The number of ether oxygens (including phenoxy) is 3. The number of amides is 1. The molecule has 6 unspecified atom stereocenters. The van der Waals surface area contributed by atoms with Gasteiger partial charge < -0.3 is 29.7 Å². The Balaban J connectivity index is 1.48. The van der Waals surface area contributed by atoms with Gasteiger partial charge in [-0.3, -0.25) is 0 Å². The molecule has 4 rings (SSSR count). The molecular formula is C30H42N2O8S. The maximum Gasteiger partial charge on any atom is 0.407 e. The van der Waals surface area contributed by atoms with E-state index in [2.05, 4.69) is 5.32 Å². The van der Waals surface area contributed by atoms with Gasteiger partial charge in [-0.15, -0.1) is 0 Å². The van der Waals surface area contributed by atoms with E-state index in [1.54, 1.807) is 19.2 Å². The van der Waals surface area contributed by atoms with E-state index in [9.17, 15) is 23.4 Å². The summed E-state index contributed by atoms with van der Waals surface area (Å²) in [5.41, 5.74) is 1.47. The fourth-order valence-corrected chi connectivity index (χ4v) is 7.29. The standard InChI is InChI=1S/C30H42N2O8S/c1-20(2)16-32(41(36,37)24-11-9-22(18-33)10-12-24)17-27(34)26(13-21-7-5-4-6-8-21)31-30(35)40-23-14-25-28(15-23)39-19-29(25)38-3/h4-12,20,23,25-29,33-34H,13-19H2,1-3H3,(H,31,35). The molecule has 1 amide bonds. The number of aliphatic hydroxyl groups excluding tert-OH is 2. The van der Waals surface area contributed by atoms with E-state index >= 15 is 0 Å². The maximum atomic E-state index is 13.6. The number of alkyl carbamates (subject to hydrolysis) is 1. The second kappa shape index (κ2) is 14.1. The molecule has 226 valence electrons. The first kappa shape index (κ1) is 31.4. The number of methoxy groups -OCH3 is 1. The van der Waals surface area contributed by atoms with Crippen molar-refractivity contribution in [3.63, 3.8) is 0 Å². The maximum absolute atomic E-state index is 13.6. The monoisotopic (exact) mass is 590 g/mol. The molecule has 41 heavy (non-hydrogen) atoms. The number of nitrogens with zero attached hydrogens (tertiary/aromatic N) is 1. The van der Waals surface area contributed by atoms with Crippen molar-refractivity contribution in [2.45, 2.75) is 75.1 Å². The lowest BCUT2D eigenvalue weighted by Gasteiger charge is -2.31. The van der Waals surface area contributed by atoms with Crippen LogP contribution in [0.25, 0.3) is 0 Å². The number of carbonyl (C=O) groups is 1. The van der Waals surface area contributed by atoms with E-state index in [0.717, 1.165) is 5.56 Å². The van der Waals surface area contributed by atoms with Crippen molar-refractivity contribution in [2.75, 3.05) is 26.8 Å². The molecule has 3 N–H and O–H groups in total. The molecule has 1 saturated carbocycles. The number of sulfonamides is 1. The van der Waals surface area contributed by atoms with Crippen LogP contribution in [0.1, 0.15) is 37.8 Å². The summed E-state index contributed by atoms with van der Waals surface area (Å²) in [6.07, 6.45) is -0.751. The highest BCUT2D eigenvalue weighted by molar-refractivity contribution is 7.89. The second-order valence-corrected chi connectivity index (χ2v) is 13.3. The zero-order chi connectivity index (χ0) is 29.6. The van der Waals surface area contributed by atoms with Crippen molar-refractivity contribution in [2.24, 2.45) is 11.8 Å². The molecule has 2 fully saturated rings. The predicted octanol–water partition coefficient (Wildman–Crippen LogP) is 2.72. The summed E-state index contributed by atoms with van der Waals surface area (Å²) >= 11 is 0. The van der Waals surface area contributed by atoms with Gasteiger partial charge in [0, 0.05) is 32.5 Å². The highest BCUT2D eigenvalue weighted by Crippen LogP contribution is 2.38. The quantitative estimate of drug-likeness (QED) is 0.324. The first-order valence-electron chi connectivity index (χ1n) is 14.1. The van der Waals surface area contributed by atoms with Crippen molar-refractivity contribution in [1.82, 2.24) is 9.62 Å². The number of hydrogen-bond acceptors (Lipinski definition) is 8. The lowest BCUT2D eigenvalue weighted by Crippen LogP contribution is -2.51. The Bertz CT molecular complexity index is 1220. The lowest BCUT2D eigenvalue weighted by molar-refractivity contribution is 0.0297. The lowest BCUT2D eigenvalue weighted by atomic mass is 10.0. The largest absolute Gasteiger partial charge is 0.446 e. The topological polar surface area (TPSA) is 135 Å². The van der Waals surface area contributed by atoms with Gasteiger partial charge in [-0.25, -0.2) is 13.2 Å². The third-order valence-electron chi connectivity index (χ3n) is 7.81. The van der Waals surface area contributed by atoms with Gasteiger partial charge in [-0.1, -0.05) is 56.3 Å². The zero-order valence-corrected chi connectivity index (χ0v) is 24.7. The summed E-state index contributed by atoms with van der Waals surface area (Å²) in [6, 6.07) is 14.6. The Kier molecular flexibility index (Phi) is 10.8. The predicted molar refractivity (Wildman–Crippen MR) is 153 cm³/mol. The summed E-state index contributed by atoms with van der Waals surface area (Å²) in [6.45, 7) is 4.09. The minimum atomic E-state index is -3.96. The Hall–Kier alpha value is -2.54. The molecule has 1 aliphatic carbocycles. The Morgan fingerprint density at radius 3 is 2.41 bits per heavy atom. The van der Waals surface area contributed by atoms with E-state index in [0.29, 0.717) is 25.0 Å². The van der Waals surface area contributed by atoms with E-state index in [4.69, 9.17) is 14.2 Å². The Morgan fingerprint density at radius 2 is 1.78 bits per heavy atom. The third kappa shape index (κ3) is 8.06. The minimum Gasteiger partial charge on any atom is -0.446 e. The summed E-state index contributed by atoms with van der Waals surface area (Å²) in [7, 11) is -2.31. The Labute approximate surface area is 242 Å². The normalized spacial score (nSPS) is 23.9. The van der Waals surface area contributed by atoms with Crippen molar-refractivity contribution in [3.05, 3.63) is 65.7 Å². The van der Waals surface area contributed by atoms with Crippen molar-refractivity contribution < 1.29 is 37.6 Å². The first-order valence-corrected chi connectivity index (χ1v) is 15.6. The number of benzene rings is 2. The molecule has 0 aromatic heterocycles. The van der Waals surface area contributed by atoms with Crippen LogP contribution in [-0.2, 0) is 37.3 Å². The zero-order valence-electron chi connectivity index (χ0n) is 23.9. The number of fused-ring (bicyclic) bond motifs is 1. The molecule has 2 aromatic rings. The average Bonchev–Trinajstić information content (AvgIpc) is 3.52. The van der Waals surface area contributed by atoms with Gasteiger partial charge in [0.05, 0.1) is 42.5 Å². The minimum absolute atomic E-state index is 0.00954. The van der Waals surface area contributed by atoms with E-state index in [1.807, 2.05) is 44.2 Å². The van der Waals surface area contributed by atoms with Crippen LogP contribution in [0, 0.1) is 11.8 Å². The molecule has 2 aromatic carbocycles. The van der Waals surface area contributed by atoms with Crippen LogP contribution in [-0.4, -0.2) is 86.3 Å². The van der Waals surface area contributed by atoms with Gasteiger partial charge in [0.25, 0.3) is 0 Å². The molecule has 6 atom stereocenters. The van der Waals surface area contributed by atoms with Crippen molar-refractivity contribution in [1.29, 1.82) is 0 Å². The van der Waals surface area contributed by atoms with E-state index in [-0.39, 0.29) is 61.2 Å². The smallest absolute Gasteiger partial charge is 0.407 e.